The Bertz CT molecular complexity index is 889. The molecule has 0 saturated heterocycles. The van der Waals surface area contributed by atoms with Crippen LogP contribution in [0.15, 0.2) is 58.4 Å². The topological polar surface area (TPSA) is 73.8 Å². The highest BCUT2D eigenvalue weighted by atomic mass is 127. The average molecular weight is 520 g/mol. The monoisotopic (exact) mass is 520 g/mol. The number of guanidine groups is 1. The van der Waals surface area contributed by atoms with E-state index in [0.717, 1.165) is 11.1 Å². The zero-order valence-corrected chi connectivity index (χ0v) is 19.3. The van der Waals surface area contributed by atoms with Crippen molar-refractivity contribution < 1.29 is 12.8 Å². The van der Waals surface area contributed by atoms with E-state index in [0.29, 0.717) is 19.0 Å². The summed E-state index contributed by atoms with van der Waals surface area (Å²) < 4.78 is 40.3. The van der Waals surface area contributed by atoms with Crippen LogP contribution in [0.3, 0.4) is 0 Å². The molecule has 0 heterocycles. The molecule has 0 aromatic heterocycles. The van der Waals surface area contributed by atoms with Crippen molar-refractivity contribution in [3.05, 3.63) is 65.5 Å². The van der Waals surface area contributed by atoms with Crippen molar-refractivity contribution in [2.24, 2.45) is 4.99 Å². The summed E-state index contributed by atoms with van der Waals surface area (Å²) in [5.41, 5.74) is 1.82. The van der Waals surface area contributed by atoms with Gasteiger partial charge in [0.25, 0.3) is 0 Å². The lowest BCUT2D eigenvalue weighted by molar-refractivity contribution is 0.475. The van der Waals surface area contributed by atoms with Gasteiger partial charge in [0.05, 0.1) is 4.90 Å². The molecule has 2 aromatic rings. The summed E-state index contributed by atoms with van der Waals surface area (Å²) in [6.07, 6.45) is 0. The van der Waals surface area contributed by atoms with Crippen LogP contribution in [0.5, 0.6) is 0 Å². The smallest absolute Gasteiger partial charge is 0.240 e. The molecular weight excluding hydrogens is 494 g/mol. The average Bonchev–Trinajstić information content (AvgIpc) is 2.62. The van der Waals surface area contributed by atoms with E-state index in [1.54, 1.807) is 37.4 Å². The number of halogens is 2. The molecule has 6 nitrogen and oxygen atoms in total. The second-order valence-electron chi connectivity index (χ2n) is 6.17. The summed E-state index contributed by atoms with van der Waals surface area (Å²) in [6, 6.07) is 13.0. The van der Waals surface area contributed by atoms with Gasteiger partial charge in [0, 0.05) is 33.7 Å². The molecule has 28 heavy (non-hydrogen) atoms. The molecule has 9 heteroatoms. The van der Waals surface area contributed by atoms with Gasteiger partial charge in [-0.3, -0.25) is 4.99 Å². The Labute approximate surface area is 183 Å². The van der Waals surface area contributed by atoms with Gasteiger partial charge in [-0.2, -0.15) is 0 Å². The van der Waals surface area contributed by atoms with Crippen molar-refractivity contribution in [3.63, 3.8) is 0 Å². The van der Waals surface area contributed by atoms with Crippen molar-refractivity contribution in [2.45, 2.75) is 18.4 Å². The number of hydrogen-bond donors (Lipinski definition) is 2. The van der Waals surface area contributed by atoms with E-state index < -0.39 is 10.0 Å². The van der Waals surface area contributed by atoms with Crippen LogP contribution in [0.1, 0.15) is 11.1 Å². The largest absolute Gasteiger partial charge is 0.355 e. The number of nitrogens with one attached hydrogen (secondary N) is 2. The molecule has 2 N–H and O–H groups in total. The summed E-state index contributed by atoms with van der Waals surface area (Å²) in [5.74, 6) is 0.308. The van der Waals surface area contributed by atoms with E-state index in [9.17, 15) is 12.8 Å². The third kappa shape index (κ3) is 7.36. The second-order valence-corrected chi connectivity index (χ2v) is 7.94. The van der Waals surface area contributed by atoms with Crippen LogP contribution in [0, 0.1) is 12.7 Å². The summed E-state index contributed by atoms with van der Waals surface area (Å²) >= 11 is 0. The Morgan fingerprint density at radius 3 is 2.43 bits per heavy atom. The number of aliphatic imine (C=N–C) groups is 1. The first-order valence-electron chi connectivity index (χ1n) is 8.54. The minimum Gasteiger partial charge on any atom is -0.355 e. The maximum absolute atomic E-state index is 13.3. The van der Waals surface area contributed by atoms with Crippen LogP contribution in [-0.4, -0.2) is 46.5 Å². The molecule has 0 aliphatic rings. The van der Waals surface area contributed by atoms with Gasteiger partial charge in [0.2, 0.25) is 10.0 Å². The number of sulfonamides is 1. The number of nitrogens with zero attached hydrogens (tertiary/aromatic N) is 2. The van der Waals surface area contributed by atoms with Crippen molar-refractivity contribution in [3.8, 4) is 0 Å². The van der Waals surface area contributed by atoms with Gasteiger partial charge in [-0.15, -0.1) is 24.0 Å². The van der Waals surface area contributed by atoms with E-state index in [4.69, 9.17) is 0 Å². The van der Waals surface area contributed by atoms with Gasteiger partial charge in [-0.1, -0.05) is 29.8 Å². The molecular formula is C19H26FIN4O2S. The molecule has 0 saturated carbocycles. The first kappa shape index (κ1) is 24.3. The molecule has 2 aromatic carbocycles. The number of benzene rings is 2. The molecule has 0 aliphatic carbocycles. The Balaban J connectivity index is 0.00000392. The lowest BCUT2D eigenvalue weighted by Crippen LogP contribution is -2.42. The van der Waals surface area contributed by atoms with E-state index in [1.807, 2.05) is 24.9 Å². The quantitative estimate of drug-likeness (QED) is 0.255. The number of hydrogen-bond acceptors (Lipinski definition) is 3. The van der Waals surface area contributed by atoms with E-state index in [2.05, 4.69) is 15.0 Å². The van der Waals surface area contributed by atoms with Crippen molar-refractivity contribution in [2.75, 3.05) is 27.2 Å². The molecule has 0 atom stereocenters. The summed E-state index contributed by atoms with van der Waals surface area (Å²) in [6.45, 7) is 2.96. The van der Waals surface area contributed by atoms with Gasteiger partial charge >= 0.3 is 0 Å². The molecule has 154 valence electrons. The number of rotatable bonds is 7. The van der Waals surface area contributed by atoms with Gasteiger partial charge in [-0.05, 0) is 36.8 Å². The van der Waals surface area contributed by atoms with E-state index in [-0.39, 0.29) is 41.2 Å². The Hall–Kier alpha value is -1.72. The fourth-order valence-electron chi connectivity index (χ4n) is 2.53. The third-order valence-electron chi connectivity index (χ3n) is 3.91. The molecule has 0 spiro atoms. The fraction of sp³-hybridized carbons (Fsp3) is 0.316. The molecule has 2 rings (SSSR count). The van der Waals surface area contributed by atoms with Gasteiger partial charge in [0.1, 0.15) is 5.82 Å². The SMILES string of the molecule is CN=C(NCCNS(=O)(=O)c1ccc(C)cc1)N(C)Cc1cccc(F)c1.I. The first-order valence-corrected chi connectivity index (χ1v) is 10.0. The normalized spacial score (nSPS) is 11.6. The zero-order valence-electron chi connectivity index (χ0n) is 16.1. The minimum absolute atomic E-state index is 0. The van der Waals surface area contributed by atoms with Crippen molar-refractivity contribution >= 4 is 40.0 Å². The van der Waals surface area contributed by atoms with Gasteiger partial charge < -0.3 is 10.2 Å². The summed E-state index contributed by atoms with van der Waals surface area (Å²) in [4.78, 5) is 6.24. The van der Waals surface area contributed by atoms with Crippen molar-refractivity contribution in [1.82, 2.24) is 14.9 Å². The Kier molecular flexibility index (Phi) is 9.83. The van der Waals surface area contributed by atoms with Crippen LogP contribution in [0.4, 0.5) is 4.39 Å². The summed E-state index contributed by atoms with van der Waals surface area (Å²) in [5, 5.41) is 3.09. The number of aryl methyl sites for hydroxylation is 1. The molecule has 0 amide bonds. The second kappa shape index (κ2) is 11.3. The minimum atomic E-state index is -3.54. The molecule has 0 radical (unpaired) electrons. The van der Waals surface area contributed by atoms with Crippen LogP contribution in [0.2, 0.25) is 0 Å². The standard InChI is InChI=1S/C19H25FN4O2S.HI/c1-15-7-9-18(10-8-15)27(25,26)23-12-11-22-19(21-2)24(3)14-16-5-4-6-17(20)13-16;/h4-10,13,23H,11-12,14H2,1-3H3,(H,21,22);1H. The fourth-order valence-corrected chi connectivity index (χ4v) is 3.56. The van der Waals surface area contributed by atoms with Gasteiger partial charge in [0.15, 0.2) is 5.96 Å². The lowest BCUT2D eigenvalue weighted by Gasteiger charge is -2.22. The highest BCUT2D eigenvalue weighted by Gasteiger charge is 2.13. The predicted molar refractivity (Wildman–Crippen MR) is 121 cm³/mol. The maximum atomic E-state index is 13.3. The molecule has 0 fully saturated rings. The van der Waals surface area contributed by atoms with Crippen LogP contribution < -0.4 is 10.0 Å². The highest BCUT2D eigenvalue weighted by molar-refractivity contribution is 14.0. The lowest BCUT2D eigenvalue weighted by atomic mass is 10.2. The third-order valence-corrected chi connectivity index (χ3v) is 5.39. The first-order chi connectivity index (χ1) is 12.8. The Morgan fingerprint density at radius 1 is 1.14 bits per heavy atom. The highest BCUT2D eigenvalue weighted by Crippen LogP contribution is 2.09. The van der Waals surface area contributed by atoms with Crippen LogP contribution >= 0.6 is 24.0 Å². The Morgan fingerprint density at radius 2 is 1.82 bits per heavy atom. The van der Waals surface area contributed by atoms with Crippen LogP contribution in [-0.2, 0) is 16.6 Å². The predicted octanol–water partition coefficient (Wildman–Crippen LogP) is 2.74. The molecule has 0 bridgehead atoms. The zero-order chi connectivity index (χ0) is 19.9. The van der Waals surface area contributed by atoms with Gasteiger partial charge in [-0.25, -0.2) is 17.5 Å². The van der Waals surface area contributed by atoms with Crippen LogP contribution in [0.25, 0.3) is 0 Å². The maximum Gasteiger partial charge on any atom is 0.240 e. The molecule has 0 aliphatic heterocycles. The van der Waals surface area contributed by atoms with E-state index >= 15 is 0 Å². The van der Waals surface area contributed by atoms with Crippen molar-refractivity contribution in [1.29, 1.82) is 0 Å². The van der Waals surface area contributed by atoms with E-state index in [1.165, 1.54) is 12.1 Å². The summed E-state index contributed by atoms with van der Waals surface area (Å²) in [7, 11) is -0.0706. The molecule has 0 unspecified atom stereocenters.